The summed E-state index contributed by atoms with van der Waals surface area (Å²) in [6.07, 6.45) is 0.704. The van der Waals surface area contributed by atoms with Gasteiger partial charge < -0.3 is 15.4 Å². The Kier molecular flexibility index (Phi) is 2.15. The van der Waals surface area contributed by atoms with Crippen LogP contribution >= 0.6 is 0 Å². The minimum Gasteiger partial charge on any atom is -0.367 e. The molecule has 1 rings (SSSR count). The van der Waals surface area contributed by atoms with Crippen molar-refractivity contribution < 1.29 is 9.53 Å². The fourth-order valence-electron chi connectivity index (χ4n) is 1.43. The number of amides is 1. The van der Waals surface area contributed by atoms with Gasteiger partial charge in [0, 0.05) is 20.2 Å². The van der Waals surface area contributed by atoms with Gasteiger partial charge in [0.1, 0.15) is 0 Å². The molecule has 0 aromatic rings. The molecule has 4 nitrogen and oxygen atoms in total. The number of hydrogen-bond acceptors (Lipinski definition) is 3. The van der Waals surface area contributed by atoms with Crippen LogP contribution in [0.4, 0.5) is 0 Å². The molecule has 2 N–H and O–H groups in total. The predicted octanol–water partition coefficient (Wildman–Crippen LogP) is -0.808. The molecule has 0 aliphatic carbocycles. The lowest BCUT2D eigenvalue weighted by atomic mass is 10.0. The van der Waals surface area contributed by atoms with Crippen LogP contribution in [0.2, 0.25) is 0 Å². The van der Waals surface area contributed by atoms with Gasteiger partial charge in [-0.15, -0.1) is 0 Å². The van der Waals surface area contributed by atoms with Gasteiger partial charge in [0.25, 0.3) is 5.91 Å². The molecule has 64 valence electrons. The summed E-state index contributed by atoms with van der Waals surface area (Å²) >= 11 is 0. The molecule has 11 heavy (non-hydrogen) atoms. The van der Waals surface area contributed by atoms with Crippen LogP contribution in [0.25, 0.3) is 0 Å². The van der Waals surface area contributed by atoms with Gasteiger partial charge in [0.2, 0.25) is 0 Å². The number of rotatable bonds is 2. The molecule has 0 aromatic carbocycles. The topological polar surface area (TPSA) is 55.6 Å². The summed E-state index contributed by atoms with van der Waals surface area (Å²) in [6, 6.07) is 0. The van der Waals surface area contributed by atoms with Gasteiger partial charge in [-0.1, -0.05) is 0 Å². The number of carbonyl (C=O) groups excluding carboxylic acids is 1. The highest BCUT2D eigenvalue weighted by atomic mass is 16.5. The fraction of sp³-hybridized carbons (Fsp3) is 0.857. The number of hydrogen-bond donors (Lipinski definition) is 1. The molecule has 1 saturated heterocycles. The Morgan fingerprint density at radius 2 is 2.36 bits per heavy atom. The van der Waals surface area contributed by atoms with Crippen molar-refractivity contribution in [3.05, 3.63) is 0 Å². The number of nitrogens with two attached hydrogens (primary N) is 1. The molecule has 4 heteroatoms. The highest BCUT2D eigenvalue weighted by Crippen LogP contribution is 2.22. The predicted molar refractivity (Wildman–Crippen MR) is 41.0 cm³/mol. The lowest BCUT2D eigenvalue weighted by Crippen LogP contribution is -2.47. The maximum Gasteiger partial charge on any atom is 0.251 e. The Morgan fingerprint density at radius 3 is 2.55 bits per heavy atom. The maximum absolute atomic E-state index is 11.0. The Hall–Kier alpha value is -0.610. The van der Waals surface area contributed by atoms with Crippen molar-refractivity contribution >= 4 is 5.91 Å². The zero-order valence-corrected chi connectivity index (χ0v) is 6.96. The molecule has 0 saturated carbocycles. The molecule has 1 fully saturated rings. The van der Waals surface area contributed by atoms with E-state index in [1.165, 1.54) is 7.11 Å². The summed E-state index contributed by atoms with van der Waals surface area (Å²) in [6.45, 7) is 1.48. The van der Waals surface area contributed by atoms with Crippen LogP contribution in [0.3, 0.4) is 0 Å². The first-order valence-corrected chi connectivity index (χ1v) is 3.64. The third-order valence-corrected chi connectivity index (χ3v) is 2.26. The van der Waals surface area contributed by atoms with Gasteiger partial charge in [0.05, 0.1) is 0 Å². The van der Waals surface area contributed by atoms with Crippen molar-refractivity contribution in [3.63, 3.8) is 0 Å². The summed E-state index contributed by atoms with van der Waals surface area (Å²) in [4.78, 5) is 13.0. The fourth-order valence-corrected chi connectivity index (χ4v) is 1.43. The van der Waals surface area contributed by atoms with Crippen molar-refractivity contribution in [2.75, 3.05) is 27.2 Å². The van der Waals surface area contributed by atoms with Crippen LogP contribution in [0.5, 0.6) is 0 Å². The quantitative estimate of drug-likeness (QED) is 0.572. The molecule has 1 atom stereocenters. The second-order valence-corrected chi connectivity index (χ2v) is 3.05. The number of likely N-dealkylation sites (tertiary alicyclic amines) is 1. The number of likely N-dealkylation sites (N-methyl/N-ethyl adjacent to an activating group) is 1. The molecule has 1 amide bonds. The van der Waals surface area contributed by atoms with E-state index in [9.17, 15) is 4.79 Å². The minimum atomic E-state index is -0.727. The number of ether oxygens (including phenoxy) is 1. The summed E-state index contributed by atoms with van der Waals surface area (Å²) in [5.74, 6) is -0.357. The van der Waals surface area contributed by atoms with Crippen LogP contribution in [-0.2, 0) is 9.53 Å². The second kappa shape index (κ2) is 2.79. The van der Waals surface area contributed by atoms with Gasteiger partial charge in [-0.25, -0.2) is 0 Å². The number of primary amides is 1. The minimum absolute atomic E-state index is 0.357. The maximum atomic E-state index is 11.0. The van der Waals surface area contributed by atoms with E-state index < -0.39 is 5.60 Å². The van der Waals surface area contributed by atoms with E-state index in [4.69, 9.17) is 10.5 Å². The van der Waals surface area contributed by atoms with Gasteiger partial charge in [0.15, 0.2) is 5.60 Å². The van der Waals surface area contributed by atoms with E-state index in [0.717, 1.165) is 6.54 Å². The monoisotopic (exact) mass is 158 g/mol. The molecule has 1 aliphatic heterocycles. The van der Waals surface area contributed by atoms with Gasteiger partial charge >= 0.3 is 0 Å². The SMILES string of the molecule is COC1(C(N)=O)CCN(C)C1. The molecular formula is C7H14N2O2. The smallest absolute Gasteiger partial charge is 0.251 e. The van der Waals surface area contributed by atoms with Crippen LogP contribution in [0.1, 0.15) is 6.42 Å². The number of nitrogens with zero attached hydrogens (tertiary/aromatic N) is 1. The molecule has 1 unspecified atom stereocenters. The lowest BCUT2D eigenvalue weighted by Gasteiger charge is -2.22. The number of methoxy groups -OCH3 is 1. The van der Waals surface area contributed by atoms with Crippen molar-refractivity contribution in [2.24, 2.45) is 5.73 Å². The summed E-state index contributed by atoms with van der Waals surface area (Å²) < 4.78 is 5.11. The molecule has 0 bridgehead atoms. The van der Waals surface area contributed by atoms with Crippen molar-refractivity contribution in [1.29, 1.82) is 0 Å². The van der Waals surface area contributed by atoms with Gasteiger partial charge in [-0.3, -0.25) is 4.79 Å². The summed E-state index contributed by atoms with van der Waals surface area (Å²) in [5.41, 5.74) is 4.49. The standard InChI is InChI=1S/C7H14N2O2/c1-9-4-3-7(5-9,11-2)6(8)10/h3-5H2,1-2H3,(H2,8,10). The van der Waals surface area contributed by atoms with Crippen LogP contribution in [0, 0.1) is 0 Å². The molecule has 1 aliphatic rings. The Balaban J connectivity index is 2.70. The second-order valence-electron chi connectivity index (χ2n) is 3.05. The van der Waals surface area contributed by atoms with Crippen LogP contribution in [-0.4, -0.2) is 43.7 Å². The molecule has 1 heterocycles. The van der Waals surface area contributed by atoms with E-state index in [2.05, 4.69) is 0 Å². The van der Waals surface area contributed by atoms with Gasteiger partial charge in [-0.2, -0.15) is 0 Å². The first-order chi connectivity index (χ1) is 5.10. The average molecular weight is 158 g/mol. The Morgan fingerprint density at radius 1 is 1.73 bits per heavy atom. The van der Waals surface area contributed by atoms with Crippen molar-refractivity contribution in [1.82, 2.24) is 4.90 Å². The highest BCUT2D eigenvalue weighted by molar-refractivity contribution is 5.84. The largest absolute Gasteiger partial charge is 0.367 e. The van der Waals surface area contributed by atoms with E-state index >= 15 is 0 Å². The first kappa shape index (κ1) is 8.49. The van der Waals surface area contributed by atoms with Crippen LogP contribution < -0.4 is 5.73 Å². The molecule has 0 spiro atoms. The third-order valence-electron chi connectivity index (χ3n) is 2.26. The molecular weight excluding hydrogens is 144 g/mol. The van der Waals surface area contributed by atoms with E-state index in [1.54, 1.807) is 0 Å². The molecule has 0 radical (unpaired) electrons. The third kappa shape index (κ3) is 1.36. The Labute approximate surface area is 66.3 Å². The number of carbonyl (C=O) groups is 1. The normalized spacial score (nSPS) is 32.5. The van der Waals surface area contributed by atoms with Gasteiger partial charge in [-0.05, 0) is 13.5 Å². The van der Waals surface area contributed by atoms with E-state index in [0.29, 0.717) is 13.0 Å². The zero-order chi connectivity index (χ0) is 8.48. The van der Waals surface area contributed by atoms with Crippen molar-refractivity contribution in [2.45, 2.75) is 12.0 Å². The molecule has 0 aromatic heterocycles. The van der Waals surface area contributed by atoms with E-state index in [1.807, 2.05) is 11.9 Å². The lowest BCUT2D eigenvalue weighted by molar-refractivity contribution is -0.138. The zero-order valence-electron chi connectivity index (χ0n) is 6.96. The van der Waals surface area contributed by atoms with Crippen LogP contribution in [0.15, 0.2) is 0 Å². The average Bonchev–Trinajstić information content (AvgIpc) is 2.33. The summed E-state index contributed by atoms with van der Waals surface area (Å²) in [7, 11) is 3.48. The first-order valence-electron chi connectivity index (χ1n) is 3.64. The highest BCUT2D eigenvalue weighted by Gasteiger charge is 2.42. The van der Waals surface area contributed by atoms with Crippen molar-refractivity contribution in [3.8, 4) is 0 Å². The van der Waals surface area contributed by atoms with E-state index in [-0.39, 0.29) is 5.91 Å². The summed E-state index contributed by atoms with van der Waals surface area (Å²) in [5, 5.41) is 0. The Bertz CT molecular complexity index is 172.